The normalized spacial score (nSPS) is 22.8. The maximum atomic E-state index is 12.9. The number of nitrogens with zero attached hydrogens (tertiary/aromatic N) is 4. The van der Waals surface area contributed by atoms with Crippen molar-refractivity contribution in [1.29, 1.82) is 0 Å². The number of carboxylic acid groups (broad SMARTS) is 1. The van der Waals surface area contributed by atoms with Crippen molar-refractivity contribution in [3.8, 4) is 0 Å². The maximum absolute atomic E-state index is 12.9. The van der Waals surface area contributed by atoms with Crippen molar-refractivity contribution in [3.63, 3.8) is 0 Å². The van der Waals surface area contributed by atoms with Gasteiger partial charge in [0.2, 0.25) is 10.0 Å². The van der Waals surface area contributed by atoms with Gasteiger partial charge in [0.1, 0.15) is 9.92 Å². The average molecular weight is 373 g/mol. The lowest BCUT2D eigenvalue weighted by molar-refractivity contribution is -0.144. The van der Waals surface area contributed by atoms with Crippen LogP contribution in [0, 0.1) is 12.8 Å². The number of aryl methyl sites for hydroxylation is 1. The molecule has 8 nitrogen and oxygen atoms in total. The third-order valence-corrected chi connectivity index (χ3v) is 6.79. The Balaban J connectivity index is 2.02. The zero-order valence-electron chi connectivity index (χ0n) is 13.2. The van der Waals surface area contributed by atoms with Crippen LogP contribution < -0.4 is 0 Å². The number of aromatic nitrogens is 3. The van der Waals surface area contributed by atoms with Gasteiger partial charge < -0.3 is 5.11 Å². The number of hydrogen-bond donors (Lipinski definition) is 1. The molecule has 0 aliphatic carbocycles. The third-order valence-electron chi connectivity index (χ3n) is 4.41. The lowest BCUT2D eigenvalue weighted by Crippen LogP contribution is -2.49. The number of fused-ring (bicyclic) bond motifs is 1. The zero-order valence-corrected chi connectivity index (χ0v) is 14.8. The Labute approximate surface area is 144 Å². The summed E-state index contributed by atoms with van der Waals surface area (Å²) in [5, 5.41) is 13.8. The second-order valence-electron chi connectivity index (χ2n) is 5.90. The molecule has 0 saturated carbocycles. The Morgan fingerprint density at radius 3 is 2.83 bits per heavy atom. The number of carboxylic acids is 1. The van der Waals surface area contributed by atoms with Crippen LogP contribution in [0.25, 0.3) is 5.65 Å². The Morgan fingerprint density at radius 2 is 2.17 bits per heavy atom. The van der Waals surface area contributed by atoms with E-state index in [4.69, 9.17) is 11.6 Å². The van der Waals surface area contributed by atoms with E-state index < -0.39 is 28.0 Å². The number of hydrogen-bond acceptors (Lipinski definition) is 5. The van der Waals surface area contributed by atoms with Gasteiger partial charge in [0.25, 0.3) is 0 Å². The summed E-state index contributed by atoms with van der Waals surface area (Å²) >= 11 is 6.06. The van der Waals surface area contributed by atoms with Crippen molar-refractivity contribution in [2.24, 2.45) is 5.92 Å². The topological polar surface area (TPSA) is 105 Å². The van der Waals surface area contributed by atoms with Crippen LogP contribution >= 0.6 is 11.6 Å². The molecular formula is C14H17ClN4O4S. The number of carbonyl (C=O) groups is 1. The summed E-state index contributed by atoms with van der Waals surface area (Å²) in [5.74, 6) is -1.70. The van der Waals surface area contributed by atoms with Crippen LogP contribution in [0.3, 0.4) is 0 Å². The van der Waals surface area contributed by atoms with Crippen molar-refractivity contribution in [1.82, 2.24) is 18.9 Å². The number of aliphatic carboxylic acids is 1. The van der Waals surface area contributed by atoms with Gasteiger partial charge >= 0.3 is 5.97 Å². The summed E-state index contributed by atoms with van der Waals surface area (Å²) in [7, 11) is -3.87. The van der Waals surface area contributed by atoms with Gasteiger partial charge in [-0.3, -0.25) is 4.79 Å². The molecule has 1 fully saturated rings. The largest absolute Gasteiger partial charge is 0.481 e. The predicted octanol–water partition coefficient (Wildman–Crippen LogP) is 1.56. The number of halogens is 1. The highest BCUT2D eigenvalue weighted by molar-refractivity contribution is 7.89. The fraction of sp³-hybridized carbons (Fsp3) is 0.500. The second kappa shape index (κ2) is 5.98. The molecule has 2 aromatic rings. The van der Waals surface area contributed by atoms with E-state index >= 15 is 0 Å². The first kappa shape index (κ1) is 17.1. The minimum atomic E-state index is -3.87. The van der Waals surface area contributed by atoms with Gasteiger partial charge in [0.05, 0.1) is 24.0 Å². The van der Waals surface area contributed by atoms with Crippen molar-refractivity contribution in [3.05, 3.63) is 23.1 Å². The van der Waals surface area contributed by atoms with Crippen molar-refractivity contribution in [2.45, 2.75) is 37.6 Å². The molecule has 2 aromatic heterocycles. The van der Waals surface area contributed by atoms with E-state index in [-0.39, 0.29) is 11.4 Å². The molecule has 0 bridgehead atoms. The number of piperidine rings is 1. The molecule has 1 saturated heterocycles. The molecule has 0 spiro atoms. The van der Waals surface area contributed by atoms with Gasteiger partial charge in [-0.2, -0.15) is 9.40 Å². The molecule has 0 unspecified atom stereocenters. The van der Waals surface area contributed by atoms with Crippen LogP contribution in [0.15, 0.2) is 17.3 Å². The van der Waals surface area contributed by atoms with Gasteiger partial charge in [-0.1, -0.05) is 11.6 Å². The molecule has 2 atom stereocenters. The van der Waals surface area contributed by atoms with Gasteiger partial charge in [0, 0.05) is 12.6 Å². The molecule has 0 aromatic carbocycles. The third kappa shape index (κ3) is 2.66. The summed E-state index contributed by atoms with van der Waals surface area (Å²) in [6.07, 6.45) is 3.55. The standard InChI is InChI=1S/C14H17ClN4O4S/c1-8-12(15)13-16-6-10(7-18(13)17-8)24(22,23)19-5-3-4-11(9(19)2)14(20)21/h6-7,9,11H,3-5H2,1-2H3,(H,20,21)/t9-,11-/m1/s1. The Hall–Kier alpha value is -1.71. The highest BCUT2D eigenvalue weighted by atomic mass is 35.5. The monoisotopic (exact) mass is 372 g/mol. The van der Waals surface area contributed by atoms with E-state index in [0.29, 0.717) is 29.2 Å². The van der Waals surface area contributed by atoms with Crippen molar-refractivity contribution >= 4 is 33.2 Å². The van der Waals surface area contributed by atoms with Crippen LogP contribution in [0.1, 0.15) is 25.5 Å². The van der Waals surface area contributed by atoms with Crippen LogP contribution in [0.5, 0.6) is 0 Å². The summed E-state index contributed by atoms with van der Waals surface area (Å²) in [5.41, 5.74) is 0.930. The fourth-order valence-corrected chi connectivity index (χ4v) is 4.87. The van der Waals surface area contributed by atoms with Crippen molar-refractivity contribution < 1.29 is 18.3 Å². The Bertz CT molecular complexity index is 911. The van der Waals surface area contributed by atoms with Crippen LogP contribution in [-0.2, 0) is 14.8 Å². The minimum Gasteiger partial charge on any atom is -0.481 e. The number of sulfonamides is 1. The minimum absolute atomic E-state index is 0.0351. The van der Waals surface area contributed by atoms with Crippen LogP contribution in [0.4, 0.5) is 0 Å². The SMILES string of the molecule is Cc1nn2cc(S(=O)(=O)N3CCC[C@@H](C(=O)O)[C@H]3C)cnc2c1Cl. The van der Waals surface area contributed by atoms with E-state index in [9.17, 15) is 18.3 Å². The number of rotatable bonds is 3. The lowest BCUT2D eigenvalue weighted by Gasteiger charge is -2.36. The van der Waals surface area contributed by atoms with Crippen LogP contribution in [-0.4, -0.2) is 51.0 Å². The molecule has 130 valence electrons. The fourth-order valence-electron chi connectivity index (χ4n) is 3.05. The van der Waals surface area contributed by atoms with Gasteiger partial charge in [-0.25, -0.2) is 17.9 Å². The highest BCUT2D eigenvalue weighted by Crippen LogP contribution is 2.29. The molecule has 0 radical (unpaired) electrons. The van der Waals surface area contributed by atoms with E-state index in [2.05, 4.69) is 10.1 Å². The first-order valence-corrected chi connectivity index (χ1v) is 9.30. The predicted molar refractivity (Wildman–Crippen MR) is 86.4 cm³/mol. The van der Waals surface area contributed by atoms with E-state index in [1.165, 1.54) is 21.2 Å². The van der Waals surface area contributed by atoms with E-state index in [0.717, 1.165) is 0 Å². The maximum Gasteiger partial charge on any atom is 0.308 e. The molecule has 1 N–H and O–H groups in total. The first-order valence-electron chi connectivity index (χ1n) is 7.48. The smallest absolute Gasteiger partial charge is 0.308 e. The summed E-state index contributed by atoms with van der Waals surface area (Å²) in [4.78, 5) is 15.4. The molecule has 3 rings (SSSR count). The highest BCUT2D eigenvalue weighted by Gasteiger charge is 2.39. The molecular weight excluding hydrogens is 356 g/mol. The van der Waals surface area contributed by atoms with Gasteiger partial charge in [-0.05, 0) is 26.7 Å². The first-order chi connectivity index (χ1) is 11.2. The van der Waals surface area contributed by atoms with Gasteiger partial charge in [0.15, 0.2) is 5.65 Å². The van der Waals surface area contributed by atoms with Gasteiger partial charge in [-0.15, -0.1) is 0 Å². The molecule has 1 aliphatic heterocycles. The lowest BCUT2D eigenvalue weighted by atomic mass is 9.92. The summed E-state index contributed by atoms with van der Waals surface area (Å²) in [6, 6.07) is -0.625. The molecule has 3 heterocycles. The molecule has 10 heteroatoms. The van der Waals surface area contributed by atoms with E-state index in [1.54, 1.807) is 13.8 Å². The van der Waals surface area contributed by atoms with E-state index in [1.807, 2.05) is 0 Å². The zero-order chi connectivity index (χ0) is 17.6. The second-order valence-corrected chi connectivity index (χ2v) is 8.17. The Kier molecular flexibility index (Phi) is 4.27. The summed E-state index contributed by atoms with van der Waals surface area (Å²) < 4.78 is 28.4. The van der Waals surface area contributed by atoms with Crippen LogP contribution in [0.2, 0.25) is 5.02 Å². The molecule has 0 amide bonds. The molecule has 24 heavy (non-hydrogen) atoms. The average Bonchev–Trinajstić information content (AvgIpc) is 2.81. The van der Waals surface area contributed by atoms with Crippen molar-refractivity contribution in [2.75, 3.05) is 6.54 Å². The Morgan fingerprint density at radius 1 is 1.46 bits per heavy atom. The summed E-state index contributed by atoms with van der Waals surface area (Å²) in [6.45, 7) is 3.61. The molecule has 1 aliphatic rings. The quantitative estimate of drug-likeness (QED) is 0.876.